The van der Waals surface area contributed by atoms with Gasteiger partial charge in [0.05, 0.1) is 0 Å². The molecule has 18 heavy (non-hydrogen) atoms. The molecule has 0 bridgehead atoms. The minimum atomic E-state index is -0.147. The van der Waals surface area contributed by atoms with Crippen molar-refractivity contribution in [2.45, 2.75) is 20.4 Å². The van der Waals surface area contributed by atoms with E-state index in [0.29, 0.717) is 29.3 Å². The summed E-state index contributed by atoms with van der Waals surface area (Å²) in [5.74, 6) is 0.784. The third-order valence-electron chi connectivity index (χ3n) is 2.68. The monoisotopic (exact) mass is 244 g/mol. The fourth-order valence-electron chi connectivity index (χ4n) is 1.92. The van der Waals surface area contributed by atoms with Gasteiger partial charge in [-0.1, -0.05) is 13.8 Å². The van der Waals surface area contributed by atoms with Crippen LogP contribution in [-0.2, 0) is 6.54 Å². The molecule has 0 unspecified atom stereocenters. The van der Waals surface area contributed by atoms with E-state index in [2.05, 4.69) is 34.1 Å². The lowest BCUT2D eigenvalue weighted by molar-refractivity contribution is 0.512. The van der Waals surface area contributed by atoms with E-state index < -0.39 is 0 Å². The third kappa shape index (κ3) is 1.55. The van der Waals surface area contributed by atoms with Gasteiger partial charge in [-0.05, 0) is 12.0 Å². The van der Waals surface area contributed by atoms with Crippen molar-refractivity contribution in [2.75, 3.05) is 0 Å². The predicted octanol–water partition coefficient (Wildman–Crippen LogP) is 0.490. The SMILES string of the molecule is CC(C)Cn1ccc2c(nnc3ncnn32)c1=O. The highest BCUT2D eigenvalue weighted by Crippen LogP contribution is 2.07. The number of hydrogen-bond acceptors (Lipinski definition) is 5. The highest BCUT2D eigenvalue weighted by molar-refractivity contribution is 5.74. The van der Waals surface area contributed by atoms with E-state index in [4.69, 9.17) is 0 Å². The first-order valence-corrected chi connectivity index (χ1v) is 5.72. The molecule has 0 atom stereocenters. The molecular formula is C11H12N6O. The van der Waals surface area contributed by atoms with Gasteiger partial charge in [0.15, 0.2) is 5.52 Å². The lowest BCUT2D eigenvalue weighted by Gasteiger charge is -2.08. The molecule has 0 aliphatic carbocycles. The number of pyridine rings is 1. The molecule has 0 saturated carbocycles. The number of nitrogens with zero attached hydrogens (tertiary/aromatic N) is 6. The summed E-state index contributed by atoms with van der Waals surface area (Å²) in [6.07, 6.45) is 3.15. The van der Waals surface area contributed by atoms with E-state index in [-0.39, 0.29) is 5.56 Å². The summed E-state index contributed by atoms with van der Waals surface area (Å²) < 4.78 is 3.16. The van der Waals surface area contributed by atoms with Gasteiger partial charge >= 0.3 is 0 Å². The van der Waals surface area contributed by atoms with Crippen molar-refractivity contribution >= 4 is 16.8 Å². The minimum absolute atomic E-state index is 0.147. The maximum absolute atomic E-state index is 12.2. The van der Waals surface area contributed by atoms with Crippen LogP contribution >= 0.6 is 0 Å². The van der Waals surface area contributed by atoms with Crippen molar-refractivity contribution in [3.05, 3.63) is 28.9 Å². The van der Waals surface area contributed by atoms with E-state index in [0.717, 1.165) is 0 Å². The summed E-state index contributed by atoms with van der Waals surface area (Å²) in [7, 11) is 0. The van der Waals surface area contributed by atoms with Crippen molar-refractivity contribution in [2.24, 2.45) is 5.92 Å². The predicted molar refractivity (Wildman–Crippen MR) is 65.2 cm³/mol. The van der Waals surface area contributed by atoms with Crippen LogP contribution in [0, 0.1) is 5.92 Å². The van der Waals surface area contributed by atoms with Crippen LogP contribution in [0.2, 0.25) is 0 Å². The third-order valence-corrected chi connectivity index (χ3v) is 2.68. The van der Waals surface area contributed by atoms with E-state index in [1.165, 1.54) is 10.8 Å². The van der Waals surface area contributed by atoms with Gasteiger partial charge in [-0.2, -0.15) is 14.6 Å². The lowest BCUT2D eigenvalue weighted by Crippen LogP contribution is -2.23. The van der Waals surface area contributed by atoms with Crippen LogP contribution in [-0.4, -0.2) is 29.4 Å². The molecule has 0 aliphatic rings. The summed E-state index contributed by atoms with van der Waals surface area (Å²) in [5, 5.41) is 11.9. The van der Waals surface area contributed by atoms with Gasteiger partial charge in [0.2, 0.25) is 0 Å². The van der Waals surface area contributed by atoms with Crippen LogP contribution in [0.3, 0.4) is 0 Å². The molecule has 0 spiro atoms. The molecule has 92 valence electrons. The molecule has 3 heterocycles. The summed E-state index contributed by atoms with van der Waals surface area (Å²) in [6, 6.07) is 1.81. The lowest BCUT2D eigenvalue weighted by atomic mass is 10.2. The second-order valence-corrected chi connectivity index (χ2v) is 4.57. The normalized spacial score (nSPS) is 11.7. The van der Waals surface area contributed by atoms with Crippen molar-refractivity contribution < 1.29 is 0 Å². The average Bonchev–Trinajstić information content (AvgIpc) is 2.80. The van der Waals surface area contributed by atoms with Gasteiger partial charge in [-0.15, -0.1) is 10.2 Å². The van der Waals surface area contributed by atoms with Crippen LogP contribution in [0.1, 0.15) is 13.8 Å². The van der Waals surface area contributed by atoms with E-state index in [9.17, 15) is 4.79 Å². The molecule has 0 amide bonds. The van der Waals surface area contributed by atoms with Gasteiger partial charge in [0.1, 0.15) is 11.8 Å². The van der Waals surface area contributed by atoms with Crippen molar-refractivity contribution in [3.63, 3.8) is 0 Å². The first kappa shape index (κ1) is 10.8. The zero-order valence-corrected chi connectivity index (χ0v) is 10.1. The topological polar surface area (TPSA) is 78.0 Å². The zero-order chi connectivity index (χ0) is 12.7. The van der Waals surface area contributed by atoms with E-state index in [1.807, 2.05) is 6.07 Å². The number of rotatable bonds is 2. The second-order valence-electron chi connectivity index (χ2n) is 4.57. The Morgan fingerprint density at radius 3 is 2.94 bits per heavy atom. The van der Waals surface area contributed by atoms with Crippen molar-refractivity contribution in [1.29, 1.82) is 0 Å². The molecule has 0 aromatic carbocycles. The van der Waals surface area contributed by atoms with Gasteiger partial charge in [0.25, 0.3) is 11.3 Å². The second kappa shape index (κ2) is 3.86. The quantitative estimate of drug-likeness (QED) is 0.655. The Kier molecular flexibility index (Phi) is 2.32. The Labute approximate surface area is 102 Å². The number of fused-ring (bicyclic) bond motifs is 3. The fraction of sp³-hybridized carbons (Fsp3) is 0.364. The molecule has 7 heteroatoms. The standard InChI is InChI=1S/C11H12N6O/c1-7(2)5-16-4-3-8-9(10(16)18)14-15-11-12-6-13-17(8)11/h3-4,6-7H,5H2,1-2H3. The van der Waals surface area contributed by atoms with Crippen LogP contribution in [0.4, 0.5) is 0 Å². The molecule has 7 nitrogen and oxygen atoms in total. The molecule has 0 N–H and O–H groups in total. The smallest absolute Gasteiger partial charge is 0.280 e. The molecule has 3 rings (SSSR count). The molecular weight excluding hydrogens is 232 g/mol. The Morgan fingerprint density at radius 1 is 1.33 bits per heavy atom. The van der Waals surface area contributed by atoms with Crippen molar-refractivity contribution in [1.82, 2.24) is 29.4 Å². The van der Waals surface area contributed by atoms with Gasteiger partial charge in [-0.3, -0.25) is 4.79 Å². The molecule has 0 aliphatic heterocycles. The maximum atomic E-state index is 12.2. The molecule has 0 radical (unpaired) electrons. The fourth-order valence-corrected chi connectivity index (χ4v) is 1.92. The van der Waals surface area contributed by atoms with Crippen LogP contribution in [0.25, 0.3) is 16.8 Å². The zero-order valence-electron chi connectivity index (χ0n) is 10.1. The average molecular weight is 244 g/mol. The number of aromatic nitrogens is 6. The summed E-state index contributed by atoms with van der Waals surface area (Å²) >= 11 is 0. The first-order chi connectivity index (χ1) is 8.66. The van der Waals surface area contributed by atoms with Gasteiger partial charge in [0, 0.05) is 12.7 Å². The molecule has 0 saturated heterocycles. The Bertz CT molecular complexity index is 772. The van der Waals surface area contributed by atoms with Gasteiger partial charge in [-0.25, -0.2) is 0 Å². The molecule has 3 aromatic heterocycles. The van der Waals surface area contributed by atoms with E-state index in [1.54, 1.807) is 10.8 Å². The van der Waals surface area contributed by atoms with E-state index >= 15 is 0 Å². The summed E-state index contributed by atoms with van der Waals surface area (Å²) in [6.45, 7) is 4.78. The highest BCUT2D eigenvalue weighted by Gasteiger charge is 2.10. The first-order valence-electron chi connectivity index (χ1n) is 5.72. The maximum Gasteiger partial charge on any atom is 0.280 e. The van der Waals surface area contributed by atoms with Crippen molar-refractivity contribution in [3.8, 4) is 0 Å². The Hall–Kier alpha value is -2.31. The molecule has 3 aromatic rings. The number of hydrogen-bond donors (Lipinski definition) is 0. The Balaban J connectivity index is 2.32. The summed E-state index contributed by atoms with van der Waals surface area (Å²) in [5.41, 5.74) is 0.796. The highest BCUT2D eigenvalue weighted by atomic mass is 16.1. The van der Waals surface area contributed by atoms with Crippen LogP contribution < -0.4 is 5.56 Å². The largest absolute Gasteiger partial charge is 0.313 e. The van der Waals surface area contributed by atoms with Crippen LogP contribution in [0.5, 0.6) is 0 Å². The van der Waals surface area contributed by atoms with Gasteiger partial charge < -0.3 is 4.57 Å². The van der Waals surface area contributed by atoms with Crippen LogP contribution in [0.15, 0.2) is 23.4 Å². The summed E-state index contributed by atoms with van der Waals surface area (Å²) in [4.78, 5) is 16.2. The molecule has 0 fully saturated rings. The Morgan fingerprint density at radius 2 is 2.17 bits per heavy atom. The minimum Gasteiger partial charge on any atom is -0.313 e.